The van der Waals surface area contributed by atoms with Gasteiger partial charge < -0.3 is 20.5 Å². The summed E-state index contributed by atoms with van der Waals surface area (Å²) in [5.74, 6) is 6.02. The van der Waals surface area contributed by atoms with Gasteiger partial charge in [0.05, 0.1) is 17.9 Å². The predicted octanol–water partition coefficient (Wildman–Crippen LogP) is 6.90. The molecule has 3 aliphatic rings. The van der Waals surface area contributed by atoms with Crippen LogP contribution in [-0.4, -0.2) is 57.4 Å². The van der Waals surface area contributed by atoms with Gasteiger partial charge in [0.15, 0.2) is 0 Å². The molecule has 3 amide bonds. The number of alkyl carbamates (subject to hydrolysis) is 1. The van der Waals surface area contributed by atoms with Gasteiger partial charge in [0, 0.05) is 32.8 Å². The quantitative estimate of drug-likeness (QED) is 0.0890. The molecular formula is C35H38ClN3O6S3. The van der Waals surface area contributed by atoms with Crippen molar-refractivity contribution >= 4 is 81.2 Å². The highest BCUT2D eigenvalue weighted by Crippen LogP contribution is 2.49. The van der Waals surface area contributed by atoms with Crippen LogP contribution in [0, 0.1) is 23.7 Å². The molecule has 3 fully saturated rings. The van der Waals surface area contributed by atoms with Gasteiger partial charge in [0.25, 0.3) is 5.91 Å². The van der Waals surface area contributed by atoms with Crippen LogP contribution in [0.5, 0.6) is 0 Å². The molecule has 9 nitrogen and oxygen atoms in total. The van der Waals surface area contributed by atoms with Crippen molar-refractivity contribution in [2.45, 2.75) is 83.4 Å². The Balaban J connectivity index is 1.25. The maximum atomic E-state index is 13.6. The Morgan fingerprint density at radius 3 is 2.69 bits per heavy atom. The fraction of sp³-hybridized carbons (Fsp3) is 0.457. The van der Waals surface area contributed by atoms with Crippen molar-refractivity contribution < 1.29 is 28.7 Å². The van der Waals surface area contributed by atoms with Gasteiger partial charge in [0.1, 0.15) is 16.0 Å². The minimum absolute atomic E-state index is 0.0223. The normalized spacial score (nSPS) is 21.6. The number of fused-ring (bicyclic) bond motifs is 2. The van der Waals surface area contributed by atoms with Crippen LogP contribution in [-0.2, 0) is 23.9 Å². The van der Waals surface area contributed by atoms with E-state index in [9.17, 15) is 19.2 Å². The Bertz CT molecular complexity index is 1700. The molecule has 2 aromatic rings. The average molecular weight is 728 g/mol. The Morgan fingerprint density at radius 1 is 1.23 bits per heavy atom. The smallest absolute Gasteiger partial charge is 0.408 e. The van der Waals surface area contributed by atoms with E-state index in [4.69, 9.17) is 39.0 Å². The molecule has 254 valence electrons. The van der Waals surface area contributed by atoms with Gasteiger partial charge in [-0.05, 0) is 88.1 Å². The van der Waals surface area contributed by atoms with E-state index >= 15 is 0 Å². The summed E-state index contributed by atoms with van der Waals surface area (Å²) in [7, 11) is 0. The largest absolute Gasteiger partial charge is 0.464 e. The number of thioether (sulfide) groups is 1. The van der Waals surface area contributed by atoms with Gasteiger partial charge in [-0.3, -0.25) is 14.5 Å². The lowest BCUT2D eigenvalue weighted by atomic mass is 9.94. The number of unbranched alkanes of at least 4 members (excludes halogenated alkanes) is 1. The van der Waals surface area contributed by atoms with Crippen LogP contribution in [0.15, 0.2) is 35.2 Å². The molecule has 3 unspecified atom stereocenters. The molecule has 1 aromatic carbocycles. The molecular weight excluding hydrogens is 690 g/mol. The summed E-state index contributed by atoms with van der Waals surface area (Å²) in [5, 5.41) is 2.97. The predicted molar refractivity (Wildman–Crippen MR) is 193 cm³/mol. The zero-order valence-corrected chi connectivity index (χ0v) is 30.2. The number of ether oxygens (including phenoxy) is 2. The van der Waals surface area contributed by atoms with Gasteiger partial charge in [-0.25, -0.2) is 9.59 Å². The minimum Gasteiger partial charge on any atom is -0.464 e. The molecule has 1 aromatic heterocycles. The molecule has 2 heterocycles. The van der Waals surface area contributed by atoms with E-state index in [1.165, 1.54) is 35.9 Å². The molecule has 2 aliphatic carbocycles. The molecule has 2 bridgehead atoms. The first-order chi connectivity index (χ1) is 22.8. The van der Waals surface area contributed by atoms with Crippen molar-refractivity contribution in [3.8, 4) is 22.3 Å². The molecule has 2 saturated carbocycles. The van der Waals surface area contributed by atoms with Gasteiger partial charge in [-0.15, -0.1) is 11.3 Å². The van der Waals surface area contributed by atoms with Crippen LogP contribution in [0.25, 0.3) is 16.5 Å². The molecule has 4 atom stereocenters. The van der Waals surface area contributed by atoms with Gasteiger partial charge in [0.2, 0.25) is 5.91 Å². The first-order valence-corrected chi connectivity index (χ1v) is 18.3. The molecule has 3 N–H and O–H groups in total. The summed E-state index contributed by atoms with van der Waals surface area (Å²) >= 11 is 14.9. The summed E-state index contributed by atoms with van der Waals surface area (Å²) in [5.41, 5.74) is 6.18. The second-order valence-corrected chi connectivity index (χ2v) is 16.3. The number of primary amides is 1. The number of esters is 1. The third-order valence-corrected chi connectivity index (χ3v) is 11.0. The second-order valence-electron chi connectivity index (χ2n) is 13.1. The number of carbonyl (C=O) groups is 4. The maximum absolute atomic E-state index is 13.6. The van der Waals surface area contributed by atoms with E-state index in [1.807, 2.05) is 41.3 Å². The lowest BCUT2D eigenvalue weighted by molar-refractivity contribution is -0.147. The summed E-state index contributed by atoms with van der Waals surface area (Å²) in [6.45, 7) is 5.06. The number of halogens is 1. The number of nitrogens with zero attached hydrogens (tertiary/aromatic N) is 1. The van der Waals surface area contributed by atoms with Crippen LogP contribution in [0.4, 0.5) is 4.79 Å². The molecule has 1 aliphatic heterocycles. The Hall–Kier alpha value is -3.37. The molecule has 0 radical (unpaired) electrons. The van der Waals surface area contributed by atoms with Crippen molar-refractivity contribution in [2.75, 3.05) is 6.61 Å². The number of nitrogens with two attached hydrogens (primary N) is 1. The van der Waals surface area contributed by atoms with Crippen LogP contribution in [0.3, 0.4) is 0 Å². The number of amides is 3. The summed E-state index contributed by atoms with van der Waals surface area (Å²) in [4.78, 5) is 54.1. The second kappa shape index (κ2) is 15.5. The topological polar surface area (TPSA) is 128 Å². The lowest BCUT2D eigenvalue weighted by Gasteiger charge is -2.30. The molecule has 0 spiro atoms. The van der Waals surface area contributed by atoms with E-state index in [0.717, 1.165) is 33.7 Å². The van der Waals surface area contributed by atoms with E-state index in [2.05, 4.69) is 17.2 Å². The summed E-state index contributed by atoms with van der Waals surface area (Å²) in [6, 6.07) is 8.49. The van der Waals surface area contributed by atoms with Gasteiger partial charge >= 0.3 is 12.1 Å². The van der Waals surface area contributed by atoms with Crippen molar-refractivity contribution in [3.05, 3.63) is 50.7 Å². The van der Waals surface area contributed by atoms with E-state index in [0.29, 0.717) is 38.9 Å². The molecule has 5 rings (SSSR count). The summed E-state index contributed by atoms with van der Waals surface area (Å²) < 4.78 is 11.1. The average Bonchev–Trinajstić information content (AvgIpc) is 3.78. The van der Waals surface area contributed by atoms with Crippen molar-refractivity contribution in [3.63, 3.8) is 0 Å². The van der Waals surface area contributed by atoms with E-state index < -0.39 is 36.0 Å². The highest BCUT2D eigenvalue weighted by molar-refractivity contribution is 8.26. The highest BCUT2D eigenvalue weighted by Gasteiger charge is 2.48. The zero-order valence-electron chi connectivity index (χ0n) is 27.0. The number of thiophene rings is 1. The molecule has 1 saturated heterocycles. The van der Waals surface area contributed by atoms with Crippen molar-refractivity contribution in [2.24, 2.45) is 17.6 Å². The Labute approximate surface area is 299 Å². The number of hydrogen-bond donors (Lipinski definition) is 2. The lowest BCUT2D eigenvalue weighted by Crippen LogP contribution is -2.46. The Kier molecular flexibility index (Phi) is 11.6. The zero-order chi connectivity index (χ0) is 34.6. The minimum atomic E-state index is -1.27. The fourth-order valence-electron chi connectivity index (χ4n) is 6.24. The van der Waals surface area contributed by atoms with Crippen LogP contribution >= 0.6 is 46.9 Å². The number of hydrogen-bond acceptors (Lipinski definition) is 9. The number of rotatable bonds is 10. The number of carbonyl (C=O) groups excluding carboxylic acids is 4. The van der Waals surface area contributed by atoms with Crippen molar-refractivity contribution in [1.82, 2.24) is 10.2 Å². The number of benzene rings is 1. The molecule has 48 heavy (non-hydrogen) atoms. The van der Waals surface area contributed by atoms with E-state index in [1.54, 1.807) is 20.8 Å². The summed E-state index contributed by atoms with van der Waals surface area (Å²) in [6.07, 6.45) is 6.06. The fourth-order valence-corrected chi connectivity index (χ4v) is 8.92. The SMILES string of the molecule is CC(C)(C)OC(=O)N[C@@H](CC(N)=O)C(=O)OCCCC#Cc1cc(-c2cccc(Cl)c2)sc1/C=C1\SC(=S)N(C2CC3CCC2C3)C1=O. The number of nitrogens with one attached hydrogen (secondary N) is 1. The van der Waals surface area contributed by atoms with Crippen LogP contribution in [0.1, 0.15) is 76.2 Å². The standard InChI is InChI=1S/C35H38ClN3O6S3/c1-35(2,3)45-33(43)38-25(18-30(37)40)32(42)44-13-6-4-5-8-23-17-27(22-9-7-10-24(36)16-22)47-28(23)19-29-31(41)39(34(46)48-29)26-15-20-11-12-21(26)14-20/h7,9-10,16-17,19-21,25-26H,4,6,11-15,18H2,1-3H3,(H2,37,40)(H,38,43)/b29-19-/t20?,21?,25-,26?/m0/s1. The highest BCUT2D eigenvalue weighted by atomic mass is 35.5. The third-order valence-electron chi connectivity index (χ3n) is 8.28. The Morgan fingerprint density at radius 2 is 2.02 bits per heavy atom. The first kappa shape index (κ1) is 35.9. The number of thiocarbonyl (C=S) groups is 1. The maximum Gasteiger partial charge on any atom is 0.408 e. The van der Waals surface area contributed by atoms with Gasteiger partial charge in [-0.2, -0.15) is 0 Å². The van der Waals surface area contributed by atoms with E-state index in [-0.39, 0.29) is 18.6 Å². The van der Waals surface area contributed by atoms with Crippen LogP contribution < -0.4 is 11.1 Å². The monoisotopic (exact) mass is 727 g/mol. The first-order valence-electron chi connectivity index (χ1n) is 15.9. The molecule has 13 heteroatoms. The van der Waals surface area contributed by atoms with Crippen molar-refractivity contribution in [1.29, 1.82) is 0 Å². The third kappa shape index (κ3) is 9.20. The van der Waals surface area contributed by atoms with Gasteiger partial charge in [-0.1, -0.05) is 66.0 Å². The van der Waals surface area contributed by atoms with Crippen LogP contribution in [0.2, 0.25) is 5.02 Å².